The number of fused-ring (bicyclic) bond motifs is 1. The lowest BCUT2D eigenvalue weighted by Gasteiger charge is -2.27. The Bertz CT molecular complexity index is 1060. The van der Waals surface area contributed by atoms with Crippen LogP contribution in [-0.2, 0) is 9.59 Å². The first-order chi connectivity index (χ1) is 15.6. The minimum atomic E-state index is -0.177. The van der Waals surface area contributed by atoms with Crippen LogP contribution in [0.5, 0.6) is 5.75 Å². The van der Waals surface area contributed by atoms with Gasteiger partial charge in [-0.25, -0.2) is 0 Å². The molecule has 3 aromatic rings. The van der Waals surface area contributed by atoms with Gasteiger partial charge in [0.2, 0.25) is 11.8 Å². The second-order valence-corrected chi connectivity index (χ2v) is 7.60. The zero-order chi connectivity index (χ0) is 22.9. The second kappa shape index (κ2) is 11.3. The van der Waals surface area contributed by atoms with Gasteiger partial charge in [-0.1, -0.05) is 55.5 Å². The fraction of sp³-hybridized carbons (Fsp3) is 0.308. The maximum absolute atomic E-state index is 13.3. The number of hydrogen-bond donors (Lipinski definition) is 1. The summed E-state index contributed by atoms with van der Waals surface area (Å²) in [6.07, 6.45) is 0.843. The van der Waals surface area contributed by atoms with Gasteiger partial charge in [-0.3, -0.25) is 14.5 Å². The van der Waals surface area contributed by atoms with Crippen LogP contribution in [0.1, 0.15) is 20.3 Å². The molecular weight excluding hydrogens is 402 g/mol. The molecule has 2 amide bonds. The van der Waals surface area contributed by atoms with Gasteiger partial charge in [0.25, 0.3) is 0 Å². The predicted molar refractivity (Wildman–Crippen MR) is 130 cm³/mol. The third kappa shape index (κ3) is 5.65. The number of hydrogen-bond acceptors (Lipinski definition) is 4. The number of anilines is 2. The van der Waals surface area contributed by atoms with Gasteiger partial charge in [-0.15, -0.1) is 0 Å². The molecule has 0 heterocycles. The average molecular weight is 434 g/mol. The van der Waals surface area contributed by atoms with Crippen molar-refractivity contribution in [3.8, 4) is 5.75 Å². The molecule has 168 valence electrons. The van der Waals surface area contributed by atoms with E-state index in [4.69, 9.17) is 4.74 Å². The van der Waals surface area contributed by atoms with Gasteiger partial charge >= 0.3 is 0 Å². The molecule has 0 saturated heterocycles. The number of carbonyl (C=O) groups is 2. The molecule has 3 rings (SSSR count). The third-order valence-electron chi connectivity index (χ3n) is 5.32. The van der Waals surface area contributed by atoms with E-state index in [1.807, 2.05) is 73.3 Å². The number of nitrogens with one attached hydrogen (secondary N) is 1. The summed E-state index contributed by atoms with van der Waals surface area (Å²) >= 11 is 0. The Labute approximate surface area is 189 Å². The van der Waals surface area contributed by atoms with E-state index in [0.717, 1.165) is 22.9 Å². The van der Waals surface area contributed by atoms with Crippen molar-refractivity contribution in [1.29, 1.82) is 0 Å². The van der Waals surface area contributed by atoms with Crippen LogP contribution in [0.4, 0.5) is 11.4 Å². The van der Waals surface area contributed by atoms with Crippen molar-refractivity contribution >= 4 is 34.0 Å². The molecule has 0 fully saturated rings. The van der Waals surface area contributed by atoms with Crippen LogP contribution in [0.2, 0.25) is 0 Å². The molecule has 0 radical (unpaired) electrons. The largest absolute Gasteiger partial charge is 0.495 e. The Morgan fingerprint density at radius 2 is 1.62 bits per heavy atom. The average Bonchev–Trinajstić information content (AvgIpc) is 2.80. The van der Waals surface area contributed by atoms with Gasteiger partial charge < -0.3 is 15.0 Å². The van der Waals surface area contributed by atoms with Crippen molar-refractivity contribution in [3.05, 3.63) is 66.7 Å². The first-order valence-electron chi connectivity index (χ1n) is 11.0. The summed E-state index contributed by atoms with van der Waals surface area (Å²) < 4.78 is 5.30. The maximum Gasteiger partial charge on any atom is 0.241 e. The van der Waals surface area contributed by atoms with Gasteiger partial charge in [0.05, 0.1) is 31.6 Å². The van der Waals surface area contributed by atoms with E-state index in [0.29, 0.717) is 24.5 Å². The molecule has 0 bridgehead atoms. The highest BCUT2D eigenvalue weighted by Gasteiger charge is 2.21. The van der Waals surface area contributed by atoms with Crippen LogP contribution in [-0.4, -0.2) is 50.0 Å². The standard InChI is InChI=1S/C26H31N3O3/c1-4-17-28(18-25(30)27-22-14-8-9-16-24(22)32-3)19-26(31)29(5-2)23-15-10-12-20-11-6-7-13-21(20)23/h6-16H,4-5,17-19H2,1-3H3,(H,27,30). The van der Waals surface area contributed by atoms with Gasteiger partial charge in [0.15, 0.2) is 0 Å². The normalized spacial score (nSPS) is 10.9. The maximum atomic E-state index is 13.3. The first-order valence-corrected chi connectivity index (χ1v) is 11.0. The van der Waals surface area contributed by atoms with Crippen molar-refractivity contribution in [2.75, 3.05) is 43.5 Å². The van der Waals surface area contributed by atoms with Crippen molar-refractivity contribution < 1.29 is 14.3 Å². The summed E-state index contributed by atoms with van der Waals surface area (Å²) in [5.41, 5.74) is 1.51. The molecule has 0 unspecified atom stereocenters. The number of methoxy groups -OCH3 is 1. The zero-order valence-corrected chi connectivity index (χ0v) is 19.0. The molecular formula is C26H31N3O3. The Hall–Kier alpha value is -3.38. The zero-order valence-electron chi connectivity index (χ0n) is 19.0. The number of ether oxygens (including phenoxy) is 1. The van der Waals surface area contributed by atoms with Crippen molar-refractivity contribution in [2.24, 2.45) is 0 Å². The number of likely N-dealkylation sites (N-methyl/N-ethyl adjacent to an activating group) is 1. The number of nitrogens with zero attached hydrogens (tertiary/aromatic N) is 2. The predicted octanol–water partition coefficient (Wildman–Crippen LogP) is 4.55. The molecule has 3 aromatic carbocycles. The molecule has 32 heavy (non-hydrogen) atoms. The summed E-state index contributed by atoms with van der Waals surface area (Å²) in [6, 6.07) is 21.3. The van der Waals surface area contributed by atoms with Crippen LogP contribution in [0.25, 0.3) is 10.8 Å². The molecule has 0 atom stereocenters. The smallest absolute Gasteiger partial charge is 0.241 e. The van der Waals surface area contributed by atoms with E-state index in [9.17, 15) is 9.59 Å². The number of rotatable bonds is 10. The minimum absolute atomic E-state index is 0.0256. The summed E-state index contributed by atoms with van der Waals surface area (Å²) in [6.45, 7) is 5.52. The Morgan fingerprint density at radius 3 is 2.38 bits per heavy atom. The first kappa shape index (κ1) is 23.3. The van der Waals surface area contributed by atoms with Crippen LogP contribution in [0.3, 0.4) is 0 Å². The Balaban J connectivity index is 1.72. The summed E-state index contributed by atoms with van der Waals surface area (Å²) in [4.78, 5) is 29.7. The fourth-order valence-corrected chi connectivity index (χ4v) is 3.87. The lowest BCUT2D eigenvalue weighted by atomic mass is 10.1. The SMILES string of the molecule is CCCN(CC(=O)Nc1ccccc1OC)CC(=O)N(CC)c1cccc2ccccc12. The molecule has 0 aromatic heterocycles. The number of carbonyl (C=O) groups excluding carboxylic acids is 2. The minimum Gasteiger partial charge on any atom is -0.495 e. The molecule has 1 N–H and O–H groups in total. The molecule has 0 aliphatic carbocycles. The second-order valence-electron chi connectivity index (χ2n) is 7.60. The number of para-hydroxylation sites is 2. The number of benzene rings is 3. The van der Waals surface area contributed by atoms with Crippen LogP contribution < -0.4 is 15.0 Å². The van der Waals surface area contributed by atoms with E-state index < -0.39 is 0 Å². The van der Waals surface area contributed by atoms with Crippen molar-refractivity contribution in [3.63, 3.8) is 0 Å². The lowest BCUT2D eigenvalue weighted by molar-refractivity contribution is -0.121. The molecule has 0 aliphatic rings. The molecule has 6 nitrogen and oxygen atoms in total. The van der Waals surface area contributed by atoms with Gasteiger partial charge in [-0.2, -0.15) is 0 Å². The lowest BCUT2D eigenvalue weighted by Crippen LogP contribution is -2.43. The highest BCUT2D eigenvalue weighted by atomic mass is 16.5. The molecule has 0 spiro atoms. The van der Waals surface area contributed by atoms with E-state index in [-0.39, 0.29) is 24.9 Å². The Morgan fingerprint density at radius 1 is 0.906 bits per heavy atom. The third-order valence-corrected chi connectivity index (χ3v) is 5.32. The van der Waals surface area contributed by atoms with Gasteiger partial charge in [-0.05, 0) is 43.5 Å². The molecule has 0 saturated carbocycles. The topological polar surface area (TPSA) is 61.9 Å². The van der Waals surface area contributed by atoms with Crippen LogP contribution in [0, 0.1) is 0 Å². The quantitative estimate of drug-likeness (QED) is 0.509. The summed E-state index contributed by atoms with van der Waals surface area (Å²) in [5, 5.41) is 5.03. The fourth-order valence-electron chi connectivity index (χ4n) is 3.87. The molecule has 6 heteroatoms. The van der Waals surface area contributed by atoms with Crippen LogP contribution >= 0.6 is 0 Å². The highest BCUT2D eigenvalue weighted by Crippen LogP contribution is 2.27. The van der Waals surface area contributed by atoms with Crippen molar-refractivity contribution in [2.45, 2.75) is 20.3 Å². The number of amides is 2. The summed E-state index contributed by atoms with van der Waals surface area (Å²) in [7, 11) is 1.57. The van der Waals surface area contributed by atoms with E-state index >= 15 is 0 Å². The highest BCUT2D eigenvalue weighted by molar-refractivity contribution is 6.04. The van der Waals surface area contributed by atoms with Crippen molar-refractivity contribution in [1.82, 2.24) is 4.90 Å². The van der Waals surface area contributed by atoms with Gasteiger partial charge in [0.1, 0.15) is 5.75 Å². The molecule has 0 aliphatic heterocycles. The summed E-state index contributed by atoms with van der Waals surface area (Å²) in [5.74, 6) is 0.401. The van der Waals surface area contributed by atoms with E-state index in [1.165, 1.54) is 0 Å². The van der Waals surface area contributed by atoms with Gasteiger partial charge in [0, 0.05) is 11.9 Å². The van der Waals surface area contributed by atoms with E-state index in [1.54, 1.807) is 24.1 Å². The Kier molecular flexibility index (Phi) is 8.22. The monoisotopic (exact) mass is 433 g/mol. The van der Waals surface area contributed by atoms with E-state index in [2.05, 4.69) is 5.32 Å². The van der Waals surface area contributed by atoms with Crippen LogP contribution in [0.15, 0.2) is 66.7 Å².